The number of halogens is 2. The summed E-state index contributed by atoms with van der Waals surface area (Å²) in [5.41, 5.74) is 0.121. The highest BCUT2D eigenvalue weighted by molar-refractivity contribution is 7.99. The van der Waals surface area contributed by atoms with Crippen molar-refractivity contribution in [1.82, 2.24) is 4.98 Å². The predicted octanol–water partition coefficient (Wildman–Crippen LogP) is 3.60. The Morgan fingerprint density at radius 3 is 2.89 bits per heavy atom. The third-order valence-corrected chi connectivity index (χ3v) is 3.37. The van der Waals surface area contributed by atoms with E-state index in [4.69, 9.17) is 11.6 Å². The van der Waals surface area contributed by atoms with Crippen LogP contribution in [0.5, 0.6) is 0 Å². The molecule has 0 fully saturated rings. The average Bonchev–Trinajstić information content (AvgIpc) is 2.41. The molecular weight excluding hydrogens is 287 g/mol. The molecular formula is C13H10ClFN2OS. The number of hydrogen-bond acceptors (Lipinski definition) is 3. The summed E-state index contributed by atoms with van der Waals surface area (Å²) in [6.45, 7) is 0. The van der Waals surface area contributed by atoms with E-state index < -0.39 is 5.82 Å². The molecule has 0 aliphatic heterocycles. The molecule has 0 aliphatic rings. The van der Waals surface area contributed by atoms with Crippen molar-refractivity contribution in [2.24, 2.45) is 0 Å². The van der Waals surface area contributed by atoms with Crippen LogP contribution < -0.4 is 5.32 Å². The summed E-state index contributed by atoms with van der Waals surface area (Å²) in [4.78, 5) is 15.7. The smallest absolute Gasteiger partial charge is 0.234 e. The third kappa shape index (κ3) is 4.22. The average molecular weight is 297 g/mol. The highest BCUT2D eigenvalue weighted by Crippen LogP contribution is 2.20. The maximum atomic E-state index is 13.5. The van der Waals surface area contributed by atoms with Gasteiger partial charge in [0.1, 0.15) is 5.82 Å². The van der Waals surface area contributed by atoms with E-state index in [1.165, 1.54) is 23.9 Å². The van der Waals surface area contributed by atoms with Crippen LogP contribution in [0.25, 0.3) is 0 Å². The first-order valence-electron chi connectivity index (χ1n) is 5.44. The minimum Gasteiger partial charge on any atom is -0.323 e. The molecule has 0 saturated heterocycles. The Bertz CT molecular complexity index is 580. The van der Waals surface area contributed by atoms with Gasteiger partial charge in [0.2, 0.25) is 5.91 Å². The summed E-state index contributed by atoms with van der Waals surface area (Å²) in [5.74, 6) is -0.681. The number of nitrogens with zero attached hydrogens (tertiary/aromatic N) is 1. The number of nitrogens with one attached hydrogen (secondary N) is 1. The lowest BCUT2D eigenvalue weighted by Gasteiger charge is -2.06. The SMILES string of the molecule is O=C(CSc1ccccn1)Nc1ccc(Cl)cc1F. The van der Waals surface area contributed by atoms with Crippen LogP contribution in [0.15, 0.2) is 47.6 Å². The monoisotopic (exact) mass is 296 g/mol. The fourth-order valence-electron chi connectivity index (χ4n) is 1.35. The maximum absolute atomic E-state index is 13.5. The number of anilines is 1. The molecule has 0 spiro atoms. The van der Waals surface area contributed by atoms with Crippen molar-refractivity contribution in [1.29, 1.82) is 0 Å². The molecule has 0 atom stereocenters. The zero-order chi connectivity index (χ0) is 13.7. The Labute approximate surface area is 119 Å². The van der Waals surface area contributed by atoms with E-state index >= 15 is 0 Å². The van der Waals surface area contributed by atoms with Gasteiger partial charge in [-0.1, -0.05) is 29.4 Å². The van der Waals surface area contributed by atoms with Gasteiger partial charge in [0.15, 0.2) is 0 Å². The van der Waals surface area contributed by atoms with Crippen molar-refractivity contribution in [2.45, 2.75) is 5.03 Å². The van der Waals surface area contributed by atoms with E-state index in [2.05, 4.69) is 10.3 Å². The molecule has 1 amide bonds. The zero-order valence-corrected chi connectivity index (χ0v) is 11.3. The number of aromatic nitrogens is 1. The second kappa shape index (κ2) is 6.54. The van der Waals surface area contributed by atoms with Gasteiger partial charge in [0, 0.05) is 11.2 Å². The molecule has 0 aliphatic carbocycles. The number of benzene rings is 1. The third-order valence-electron chi connectivity index (χ3n) is 2.19. The molecule has 19 heavy (non-hydrogen) atoms. The lowest BCUT2D eigenvalue weighted by molar-refractivity contribution is -0.113. The lowest BCUT2D eigenvalue weighted by atomic mass is 10.3. The first-order chi connectivity index (χ1) is 9.15. The minimum absolute atomic E-state index is 0.121. The van der Waals surface area contributed by atoms with Crippen molar-refractivity contribution in [2.75, 3.05) is 11.1 Å². The van der Waals surface area contributed by atoms with Crippen molar-refractivity contribution in [3.63, 3.8) is 0 Å². The summed E-state index contributed by atoms with van der Waals surface area (Å²) in [6, 6.07) is 9.55. The Morgan fingerprint density at radius 1 is 1.37 bits per heavy atom. The molecule has 0 saturated carbocycles. The molecule has 0 unspecified atom stereocenters. The number of rotatable bonds is 4. The van der Waals surface area contributed by atoms with Gasteiger partial charge < -0.3 is 5.32 Å². The normalized spacial score (nSPS) is 10.2. The van der Waals surface area contributed by atoms with Gasteiger partial charge in [0.25, 0.3) is 0 Å². The van der Waals surface area contributed by atoms with Crippen LogP contribution >= 0.6 is 23.4 Å². The van der Waals surface area contributed by atoms with Crippen LogP contribution in [0.3, 0.4) is 0 Å². The number of thioether (sulfide) groups is 1. The molecule has 2 rings (SSSR count). The Kier molecular flexibility index (Phi) is 4.76. The molecule has 1 heterocycles. The van der Waals surface area contributed by atoms with Gasteiger partial charge in [-0.15, -0.1) is 0 Å². The molecule has 1 aromatic carbocycles. The molecule has 0 bridgehead atoms. The van der Waals surface area contributed by atoms with Gasteiger partial charge in [-0.3, -0.25) is 4.79 Å². The molecule has 0 radical (unpaired) electrons. The quantitative estimate of drug-likeness (QED) is 0.877. The van der Waals surface area contributed by atoms with E-state index in [1.807, 2.05) is 6.07 Å². The number of amides is 1. The van der Waals surface area contributed by atoms with Gasteiger partial charge in [-0.2, -0.15) is 0 Å². The fourth-order valence-corrected chi connectivity index (χ4v) is 2.17. The van der Waals surface area contributed by atoms with Crippen LogP contribution in [0.2, 0.25) is 5.02 Å². The number of carbonyl (C=O) groups excluding carboxylic acids is 1. The summed E-state index contributed by atoms with van der Waals surface area (Å²) < 4.78 is 13.5. The van der Waals surface area contributed by atoms with Crippen molar-refractivity contribution >= 4 is 35.0 Å². The molecule has 3 nitrogen and oxygen atoms in total. The van der Waals surface area contributed by atoms with Crippen LogP contribution in [0, 0.1) is 5.82 Å². The fraction of sp³-hybridized carbons (Fsp3) is 0.0769. The minimum atomic E-state index is -0.552. The summed E-state index contributed by atoms with van der Waals surface area (Å²) in [6.07, 6.45) is 1.65. The highest BCUT2D eigenvalue weighted by Gasteiger charge is 2.08. The topological polar surface area (TPSA) is 42.0 Å². The number of carbonyl (C=O) groups is 1. The van der Waals surface area contributed by atoms with Gasteiger partial charge in [-0.05, 0) is 30.3 Å². The Balaban J connectivity index is 1.91. The zero-order valence-electron chi connectivity index (χ0n) is 9.77. The Hall–Kier alpha value is -1.59. The number of pyridine rings is 1. The van der Waals surface area contributed by atoms with Crippen LogP contribution in [-0.2, 0) is 4.79 Å². The second-order valence-corrected chi connectivity index (χ2v) is 5.06. The van der Waals surface area contributed by atoms with E-state index in [0.717, 1.165) is 11.1 Å². The van der Waals surface area contributed by atoms with Crippen molar-refractivity contribution in [3.8, 4) is 0 Å². The standard InChI is InChI=1S/C13H10ClFN2OS/c14-9-4-5-11(10(15)7-9)17-12(18)8-19-13-3-1-2-6-16-13/h1-7H,8H2,(H,17,18). The predicted molar refractivity (Wildman–Crippen MR) is 75.0 cm³/mol. The van der Waals surface area contributed by atoms with Crippen LogP contribution in [0.4, 0.5) is 10.1 Å². The summed E-state index contributed by atoms with van der Waals surface area (Å²) in [7, 11) is 0. The summed E-state index contributed by atoms with van der Waals surface area (Å²) >= 11 is 6.91. The van der Waals surface area contributed by atoms with Crippen LogP contribution in [0.1, 0.15) is 0 Å². The van der Waals surface area contributed by atoms with Crippen LogP contribution in [-0.4, -0.2) is 16.6 Å². The molecule has 98 valence electrons. The van der Waals surface area contributed by atoms with Gasteiger partial charge >= 0.3 is 0 Å². The van der Waals surface area contributed by atoms with Crippen molar-refractivity contribution in [3.05, 3.63) is 53.4 Å². The van der Waals surface area contributed by atoms with E-state index in [-0.39, 0.29) is 17.3 Å². The Morgan fingerprint density at radius 2 is 2.21 bits per heavy atom. The van der Waals surface area contributed by atoms with E-state index in [9.17, 15) is 9.18 Å². The highest BCUT2D eigenvalue weighted by atomic mass is 35.5. The van der Waals surface area contributed by atoms with E-state index in [1.54, 1.807) is 18.3 Å². The second-order valence-electron chi connectivity index (χ2n) is 3.63. The maximum Gasteiger partial charge on any atom is 0.234 e. The van der Waals surface area contributed by atoms with Gasteiger partial charge in [0.05, 0.1) is 16.5 Å². The first kappa shape index (κ1) is 13.8. The van der Waals surface area contributed by atoms with Crippen molar-refractivity contribution < 1.29 is 9.18 Å². The molecule has 2 aromatic rings. The first-order valence-corrected chi connectivity index (χ1v) is 6.80. The van der Waals surface area contributed by atoms with Gasteiger partial charge in [-0.25, -0.2) is 9.37 Å². The number of hydrogen-bond donors (Lipinski definition) is 1. The largest absolute Gasteiger partial charge is 0.323 e. The molecule has 1 N–H and O–H groups in total. The molecule has 1 aromatic heterocycles. The molecule has 6 heteroatoms. The lowest BCUT2D eigenvalue weighted by Crippen LogP contribution is -2.15. The summed E-state index contributed by atoms with van der Waals surface area (Å²) in [5, 5.41) is 3.52. The van der Waals surface area contributed by atoms with E-state index in [0.29, 0.717) is 5.02 Å².